The maximum atomic E-state index is 13.3. The third-order valence-corrected chi connectivity index (χ3v) is 3.83. The Morgan fingerprint density at radius 3 is 2.65 bits per heavy atom. The molecule has 0 fully saturated rings. The minimum atomic E-state index is -0.241. The molecule has 0 amide bonds. The molecule has 0 aliphatic carbocycles. The topological polar surface area (TPSA) is 17.8 Å². The van der Waals surface area contributed by atoms with Gasteiger partial charge in [-0.2, -0.15) is 0 Å². The van der Waals surface area contributed by atoms with E-state index >= 15 is 0 Å². The van der Waals surface area contributed by atoms with Crippen LogP contribution in [0.1, 0.15) is 45.5 Å². The van der Waals surface area contributed by atoms with Gasteiger partial charge in [0.05, 0.1) is 11.0 Å². The summed E-state index contributed by atoms with van der Waals surface area (Å²) in [5.41, 5.74) is 1.73. The first-order chi connectivity index (χ1) is 9.52. The zero-order valence-electron chi connectivity index (χ0n) is 12.4. The fourth-order valence-corrected chi connectivity index (χ4v) is 2.75. The molecule has 0 N–H and O–H groups in total. The number of fused-ring (bicyclic) bond motifs is 1. The number of alkyl halides is 1. The molecule has 0 spiro atoms. The second-order valence-corrected chi connectivity index (χ2v) is 6.17. The summed E-state index contributed by atoms with van der Waals surface area (Å²) in [5.74, 6) is 1.93. The molecule has 0 saturated carbocycles. The average molecular weight is 297 g/mol. The maximum Gasteiger partial charge on any atom is 0.125 e. The summed E-state index contributed by atoms with van der Waals surface area (Å²) in [6.45, 7) is 6.66. The number of rotatable bonds is 6. The molecule has 0 radical (unpaired) electrons. The molecule has 110 valence electrons. The molecule has 1 heterocycles. The number of nitrogens with zero attached hydrogens (tertiary/aromatic N) is 2. The second-order valence-electron chi connectivity index (χ2n) is 5.79. The highest BCUT2D eigenvalue weighted by atomic mass is 35.5. The Labute approximate surface area is 125 Å². The number of imidazole rings is 1. The molecule has 4 heteroatoms. The molecule has 0 aliphatic rings. The summed E-state index contributed by atoms with van der Waals surface area (Å²) >= 11 is 5.87. The van der Waals surface area contributed by atoms with Gasteiger partial charge in [-0.15, -0.1) is 11.6 Å². The fraction of sp³-hybridized carbons (Fsp3) is 0.562. The molecule has 2 rings (SSSR count). The van der Waals surface area contributed by atoms with Crippen molar-refractivity contribution in [1.82, 2.24) is 9.55 Å². The van der Waals surface area contributed by atoms with Crippen LogP contribution < -0.4 is 0 Å². The van der Waals surface area contributed by atoms with E-state index in [2.05, 4.69) is 30.3 Å². The number of aryl methyl sites for hydroxylation is 1. The van der Waals surface area contributed by atoms with Gasteiger partial charge in [0.1, 0.15) is 11.6 Å². The molecule has 1 atom stereocenters. The number of halogens is 2. The molecule has 1 aromatic heterocycles. The van der Waals surface area contributed by atoms with Gasteiger partial charge in [-0.1, -0.05) is 13.8 Å². The van der Waals surface area contributed by atoms with Crippen LogP contribution in [0.2, 0.25) is 0 Å². The largest absolute Gasteiger partial charge is 0.325 e. The predicted molar refractivity (Wildman–Crippen MR) is 82.9 cm³/mol. The van der Waals surface area contributed by atoms with Crippen LogP contribution in [0.5, 0.6) is 0 Å². The Morgan fingerprint density at radius 2 is 2.00 bits per heavy atom. The molecule has 0 saturated heterocycles. The fourth-order valence-electron chi connectivity index (χ4n) is 2.58. The third kappa shape index (κ3) is 3.32. The third-order valence-electron chi connectivity index (χ3n) is 3.65. The number of benzene rings is 1. The van der Waals surface area contributed by atoms with Crippen LogP contribution in [0.3, 0.4) is 0 Å². The minimum absolute atomic E-state index is 0.241. The molecule has 20 heavy (non-hydrogen) atoms. The highest BCUT2D eigenvalue weighted by Crippen LogP contribution is 2.26. The van der Waals surface area contributed by atoms with E-state index in [1.807, 2.05) is 6.07 Å². The van der Waals surface area contributed by atoms with Crippen molar-refractivity contribution in [3.05, 3.63) is 29.8 Å². The molecule has 2 nitrogen and oxygen atoms in total. The quantitative estimate of drug-likeness (QED) is 0.689. The van der Waals surface area contributed by atoms with Gasteiger partial charge in [0.15, 0.2) is 0 Å². The van der Waals surface area contributed by atoms with Gasteiger partial charge in [0.25, 0.3) is 0 Å². The van der Waals surface area contributed by atoms with Gasteiger partial charge in [-0.3, -0.25) is 0 Å². The van der Waals surface area contributed by atoms with E-state index in [4.69, 9.17) is 11.6 Å². The Balaban J connectivity index is 2.39. The Morgan fingerprint density at radius 1 is 1.25 bits per heavy atom. The zero-order chi connectivity index (χ0) is 14.7. The zero-order valence-corrected chi connectivity index (χ0v) is 13.1. The molecule has 0 bridgehead atoms. The average Bonchev–Trinajstić information content (AvgIpc) is 2.73. The minimum Gasteiger partial charge on any atom is -0.325 e. The molecule has 2 aromatic rings. The number of aromatic nitrogens is 2. The van der Waals surface area contributed by atoms with Gasteiger partial charge in [0.2, 0.25) is 0 Å². The number of hydrogen-bond donors (Lipinski definition) is 0. The monoisotopic (exact) mass is 296 g/mol. The van der Waals surface area contributed by atoms with Crippen molar-refractivity contribution < 1.29 is 4.39 Å². The Bertz CT molecular complexity index is 577. The lowest BCUT2D eigenvalue weighted by molar-refractivity contribution is 0.438. The SMILES string of the molecule is CC(C)CCC(C)n1c(CCCl)nc2cc(F)ccc21. The summed E-state index contributed by atoms with van der Waals surface area (Å²) in [7, 11) is 0. The van der Waals surface area contributed by atoms with Gasteiger partial charge in [-0.05, 0) is 37.8 Å². The van der Waals surface area contributed by atoms with Crippen molar-refractivity contribution in [3.63, 3.8) is 0 Å². The van der Waals surface area contributed by atoms with Gasteiger partial charge in [0, 0.05) is 24.4 Å². The first kappa shape index (κ1) is 15.3. The van der Waals surface area contributed by atoms with Crippen LogP contribution in [-0.2, 0) is 6.42 Å². The summed E-state index contributed by atoms with van der Waals surface area (Å²) in [5, 5.41) is 0. The van der Waals surface area contributed by atoms with Gasteiger partial charge >= 0.3 is 0 Å². The molecule has 1 unspecified atom stereocenters. The molecule has 0 aliphatic heterocycles. The van der Waals surface area contributed by atoms with Gasteiger partial charge in [-0.25, -0.2) is 9.37 Å². The van der Waals surface area contributed by atoms with E-state index in [0.29, 0.717) is 24.3 Å². The van der Waals surface area contributed by atoms with Crippen molar-refractivity contribution >= 4 is 22.6 Å². The van der Waals surface area contributed by atoms with Gasteiger partial charge < -0.3 is 4.57 Å². The van der Waals surface area contributed by atoms with Crippen LogP contribution in [0, 0.1) is 11.7 Å². The van der Waals surface area contributed by atoms with E-state index in [0.717, 1.165) is 23.3 Å². The van der Waals surface area contributed by atoms with E-state index < -0.39 is 0 Å². The van der Waals surface area contributed by atoms with Crippen molar-refractivity contribution in [2.24, 2.45) is 5.92 Å². The Kier molecular flexibility index (Phi) is 5.03. The van der Waals surface area contributed by atoms with Crippen LogP contribution in [-0.4, -0.2) is 15.4 Å². The lowest BCUT2D eigenvalue weighted by Crippen LogP contribution is -2.11. The molecular formula is C16H22ClFN2. The van der Waals surface area contributed by atoms with Crippen LogP contribution >= 0.6 is 11.6 Å². The van der Waals surface area contributed by atoms with E-state index in [1.165, 1.54) is 18.6 Å². The predicted octanol–water partition coefficient (Wildman–Crippen LogP) is 4.95. The lowest BCUT2D eigenvalue weighted by atomic mass is 10.0. The van der Waals surface area contributed by atoms with Crippen molar-refractivity contribution in [1.29, 1.82) is 0 Å². The normalized spacial score (nSPS) is 13.3. The highest BCUT2D eigenvalue weighted by molar-refractivity contribution is 6.17. The van der Waals surface area contributed by atoms with Crippen LogP contribution in [0.15, 0.2) is 18.2 Å². The maximum absolute atomic E-state index is 13.3. The lowest BCUT2D eigenvalue weighted by Gasteiger charge is -2.18. The van der Waals surface area contributed by atoms with Crippen LogP contribution in [0.25, 0.3) is 11.0 Å². The standard InChI is InChI=1S/C16H22ClFN2/c1-11(2)4-5-12(3)20-15-7-6-13(18)10-14(15)19-16(20)8-9-17/h6-7,10-12H,4-5,8-9H2,1-3H3. The molecular weight excluding hydrogens is 275 g/mol. The first-order valence-electron chi connectivity index (χ1n) is 7.25. The number of hydrogen-bond acceptors (Lipinski definition) is 1. The summed E-state index contributed by atoms with van der Waals surface area (Å²) in [6, 6.07) is 5.17. The highest BCUT2D eigenvalue weighted by Gasteiger charge is 2.16. The summed E-state index contributed by atoms with van der Waals surface area (Å²) in [6.07, 6.45) is 2.97. The van der Waals surface area contributed by atoms with Crippen molar-refractivity contribution in [2.45, 2.75) is 46.1 Å². The Hall–Kier alpha value is -1.09. The van der Waals surface area contributed by atoms with E-state index in [-0.39, 0.29) is 5.82 Å². The molecule has 1 aromatic carbocycles. The van der Waals surface area contributed by atoms with Crippen LogP contribution in [0.4, 0.5) is 4.39 Å². The van der Waals surface area contributed by atoms with Crippen molar-refractivity contribution in [3.8, 4) is 0 Å². The smallest absolute Gasteiger partial charge is 0.125 e. The van der Waals surface area contributed by atoms with E-state index in [9.17, 15) is 4.39 Å². The first-order valence-corrected chi connectivity index (χ1v) is 7.78. The second kappa shape index (κ2) is 6.57. The van der Waals surface area contributed by atoms with E-state index in [1.54, 1.807) is 0 Å². The summed E-state index contributed by atoms with van der Waals surface area (Å²) < 4.78 is 15.6. The summed E-state index contributed by atoms with van der Waals surface area (Å²) in [4.78, 5) is 4.55. The van der Waals surface area contributed by atoms with Crippen molar-refractivity contribution in [2.75, 3.05) is 5.88 Å².